The van der Waals surface area contributed by atoms with Gasteiger partial charge in [-0.1, -0.05) is 18.2 Å². The SMILES string of the molecule is Cc1cn([C@H]2CC[C@H](COC(=O)c3ccccc3)O2)c(=O)[nH]c1=O. The highest BCUT2D eigenvalue weighted by molar-refractivity contribution is 5.89. The van der Waals surface area contributed by atoms with Crippen molar-refractivity contribution in [3.05, 3.63) is 68.5 Å². The number of ether oxygens (including phenoxy) is 2. The first-order valence-corrected chi connectivity index (χ1v) is 7.74. The average molecular weight is 330 g/mol. The summed E-state index contributed by atoms with van der Waals surface area (Å²) in [6.45, 7) is 1.75. The predicted octanol–water partition coefficient (Wildman–Crippen LogP) is 1.38. The van der Waals surface area contributed by atoms with Crippen molar-refractivity contribution in [3.63, 3.8) is 0 Å². The number of carbonyl (C=O) groups is 1. The summed E-state index contributed by atoms with van der Waals surface area (Å²) in [4.78, 5) is 37.5. The first-order valence-electron chi connectivity index (χ1n) is 7.74. The van der Waals surface area contributed by atoms with Gasteiger partial charge in [0.05, 0.1) is 11.7 Å². The van der Waals surface area contributed by atoms with Gasteiger partial charge in [0, 0.05) is 11.8 Å². The van der Waals surface area contributed by atoms with Crippen LogP contribution in [0.15, 0.2) is 46.1 Å². The minimum atomic E-state index is -0.502. The zero-order chi connectivity index (χ0) is 17.1. The second-order valence-corrected chi connectivity index (χ2v) is 5.73. The van der Waals surface area contributed by atoms with Crippen molar-refractivity contribution >= 4 is 5.97 Å². The van der Waals surface area contributed by atoms with E-state index in [1.54, 1.807) is 31.2 Å². The maximum Gasteiger partial charge on any atom is 0.338 e. The molecule has 24 heavy (non-hydrogen) atoms. The van der Waals surface area contributed by atoms with Crippen LogP contribution in [-0.4, -0.2) is 28.2 Å². The van der Waals surface area contributed by atoms with Crippen LogP contribution < -0.4 is 11.2 Å². The Hall–Kier alpha value is -2.67. The standard InChI is InChI=1S/C17H18N2O5/c1-11-9-19(17(22)18-15(11)20)14-8-7-13(24-14)10-23-16(21)12-5-3-2-4-6-12/h2-6,9,13-14H,7-8,10H2,1H3,(H,18,20,22)/t13-,14-/m1/s1. The van der Waals surface area contributed by atoms with E-state index in [-0.39, 0.29) is 12.7 Å². The number of aryl methyl sites for hydroxylation is 1. The van der Waals surface area contributed by atoms with Gasteiger partial charge in [0.15, 0.2) is 0 Å². The van der Waals surface area contributed by atoms with Crippen molar-refractivity contribution in [2.45, 2.75) is 32.1 Å². The Morgan fingerprint density at radius 2 is 2.04 bits per heavy atom. The third-order valence-electron chi connectivity index (χ3n) is 3.95. The van der Waals surface area contributed by atoms with E-state index in [4.69, 9.17) is 9.47 Å². The lowest BCUT2D eigenvalue weighted by Crippen LogP contribution is -2.33. The zero-order valence-electron chi connectivity index (χ0n) is 13.2. The van der Waals surface area contributed by atoms with Gasteiger partial charge in [0.1, 0.15) is 12.8 Å². The largest absolute Gasteiger partial charge is 0.459 e. The zero-order valence-corrected chi connectivity index (χ0v) is 13.2. The number of nitrogens with one attached hydrogen (secondary N) is 1. The number of H-pyrrole nitrogens is 1. The van der Waals surface area contributed by atoms with Gasteiger partial charge in [-0.3, -0.25) is 14.3 Å². The Labute approximate surface area is 137 Å². The van der Waals surface area contributed by atoms with E-state index in [1.165, 1.54) is 10.8 Å². The van der Waals surface area contributed by atoms with Crippen molar-refractivity contribution in [3.8, 4) is 0 Å². The maximum atomic E-state index is 11.9. The number of hydrogen-bond donors (Lipinski definition) is 1. The second-order valence-electron chi connectivity index (χ2n) is 5.73. The number of benzene rings is 1. The summed E-state index contributed by atoms with van der Waals surface area (Å²) in [6.07, 6.45) is 2.02. The van der Waals surface area contributed by atoms with E-state index in [0.717, 1.165) is 0 Å². The lowest BCUT2D eigenvalue weighted by Gasteiger charge is -2.16. The summed E-state index contributed by atoms with van der Waals surface area (Å²) in [5, 5.41) is 0. The van der Waals surface area contributed by atoms with E-state index in [9.17, 15) is 14.4 Å². The summed E-state index contributed by atoms with van der Waals surface area (Å²) in [6, 6.07) is 8.73. The van der Waals surface area contributed by atoms with Crippen LogP contribution in [0.25, 0.3) is 0 Å². The molecular weight excluding hydrogens is 312 g/mol. The van der Waals surface area contributed by atoms with Gasteiger partial charge >= 0.3 is 11.7 Å². The number of esters is 1. The number of hydrogen-bond acceptors (Lipinski definition) is 5. The minimum Gasteiger partial charge on any atom is -0.459 e. The third kappa shape index (κ3) is 3.46. The number of rotatable bonds is 4. The summed E-state index contributed by atoms with van der Waals surface area (Å²) >= 11 is 0. The molecule has 1 aromatic heterocycles. The fourth-order valence-corrected chi connectivity index (χ4v) is 2.64. The molecule has 0 aliphatic carbocycles. The van der Waals surface area contributed by atoms with Crippen LogP contribution in [-0.2, 0) is 9.47 Å². The normalized spacial score (nSPS) is 20.0. The van der Waals surface area contributed by atoms with Gasteiger partial charge in [-0.05, 0) is 31.9 Å². The van der Waals surface area contributed by atoms with Crippen LogP contribution in [0.5, 0.6) is 0 Å². The molecule has 3 rings (SSSR count). The van der Waals surface area contributed by atoms with Crippen molar-refractivity contribution in [2.24, 2.45) is 0 Å². The quantitative estimate of drug-likeness (QED) is 0.855. The van der Waals surface area contributed by atoms with Crippen LogP contribution in [0.3, 0.4) is 0 Å². The highest BCUT2D eigenvalue weighted by atomic mass is 16.6. The van der Waals surface area contributed by atoms with Gasteiger partial charge in [-0.2, -0.15) is 0 Å². The topological polar surface area (TPSA) is 90.4 Å². The molecular formula is C17H18N2O5. The molecule has 1 aromatic carbocycles. The number of carbonyl (C=O) groups excluding carboxylic acids is 1. The van der Waals surface area contributed by atoms with Gasteiger partial charge < -0.3 is 9.47 Å². The molecule has 2 atom stereocenters. The molecule has 2 aromatic rings. The fraction of sp³-hybridized carbons (Fsp3) is 0.353. The molecule has 0 radical (unpaired) electrons. The van der Waals surface area contributed by atoms with Gasteiger partial charge in [-0.15, -0.1) is 0 Å². The van der Waals surface area contributed by atoms with E-state index < -0.39 is 23.4 Å². The Bertz CT molecular complexity index is 840. The van der Waals surface area contributed by atoms with Gasteiger partial charge in [-0.25, -0.2) is 9.59 Å². The predicted molar refractivity (Wildman–Crippen MR) is 85.9 cm³/mol. The fourth-order valence-electron chi connectivity index (χ4n) is 2.64. The van der Waals surface area contributed by atoms with Crippen LogP contribution in [0, 0.1) is 6.92 Å². The summed E-state index contributed by atoms with van der Waals surface area (Å²) < 4.78 is 12.4. The summed E-state index contributed by atoms with van der Waals surface area (Å²) in [7, 11) is 0. The Morgan fingerprint density at radius 1 is 1.29 bits per heavy atom. The Balaban J connectivity index is 1.60. The molecule has 0 amide bonds. The molecule has 126 valence electrons. The molecule has 1 aliphatic rings. The molecule has 7 nitrogen and oxygen atoms in total. The lowest BCUT2D eigenvalue weighted by atomic mass is 10.2. The van der Waals surface area contributed by atoms with Gasteiger partial charge in [0.25, 0.3) is 5.56 Å². The van der Waals surface area contributed by atoms with Crippen LogP contribution in [0.1, 0.15) is 35.0 Å². The monoisotopic (exact) mass is 330 g/mol. The number of aromatic nitrogens is 2. The Morgan fingerprint density at radius 3 is 2.79 bits per heavy atom. The highest BCUT2D eigenvalue weighted by Crippen LogP contribution is 2.27. The van der Waals surface area contributed by atoms with E-state index in [2.05, 4.69) is 4.98 Å². The van der Waals surface area contributed by atoms with Crippen molar-refractivity contribution in [1.82, 2.24) is 9.55 Å². The van der Waals surface area contributed by atoms with Crippen molar-refractivity contribution < 1.29 is 14.3 Å². The molecule has 0 bridgehead atoms. The molecule has 1 fully saturated rings. The summed E-state index contributed by atoms with van der Waals surface area (Å²) in [5.74, 6) is -0.403. The molecule has 0 saturated carbocycles. The minimum absolute atomic E-state index is 0.126. The third-order valence-corrected chi connectivity index (χ3v) is 3.95. The second kappa shape index (κ2) is 6.84. The molecule has 1 saturated heterocycles. The first-order chi connectivity index (χ1) is 11.5. The average Bonchev–Trinajstić information content (AvgIpc) is 3.05. The van der Waals surface area contributed by atoms with Crippen LogP contribution in [0.4, 0.5) is 0 Å². The number of nitrogens with zero attached hydrogens (tertiary/aromatic N) is 1. The molecule has 1 N–H and O–H groups in total. The molecule has 2 heterocycles. The number of aromatic amines is 1. The molecule has 7 heteroatoms. The van der Waals surface area contributed by atoms with Crippen LogP contribution in [0.2, 0.25) is 0 Å². The van der Waals surface area contributed by atoms with E-state index >= 15 is 0 Å². The van der Waals surface area contributed by atoms with E-state index in [1.807, 2.05) is 6.07 Å². The molecule has 1 aliphatic heterocycles. The molecule has 0 spiro atoms. The Kier molecular flexibility index (Phi) is 4.61. The lowest BCUT2D eigenvalue weighted by molar-refractivity contribution is -0.0340. The van der Waals surface area contributed by atoms with Crippen LogP contribution >= 0.6 is 0 Å². The molecule has 0 unspecified atom stereocenters. The van der Waals surface area contributed by atoms with Gasteiger partial charge in [0.2, 0.25) is 0 Å². The van der Waals surface area contributed by atoms with Crippen molar-refractivity contribution in [2.75, 3.05) is 6.61 Å². The summed E-state index contributed by atoms with van der Waals surface area (Å²) in [5.41, 5.74) is 0.0248. The first kappa shape index (κ1) is 16.2. The van der Waals surface area contributed by atoms with E-state index in [0.29, 0.717) is 24.0 Å². The highest BCUT2D eigenvalue weighted by Gasteiger charge is 2.28. The smallest absolute Gasteiger partial charge is 0.338 e. The van der Waals surface area contributed by atoms with Crippen molar-refractivity contribution in [1.29, 1.82) is 0 Å². The maximum absolute atomic E-state index is 11.9.